The van der Waals surface area contributed by atoms with E-state index in [9.17, 15) is 0 Å². The highest BCUT2D eigenvalue weighted by Crippen LogP contribution is 2.25. The summed E-state index contributed by atoms with van der Waals surface area (Å²) in [5, 5.41) is 0. The van der Waals surface area contributed by atoms with Crippen LogP contribution in [0.5, 0.6) is 0 Å². The summed E-state index contributed by atoms with van der Waals surface area (Å²) < 4.78 is 117. The summed E-state index contributed by atoms with van der Waals surface area (Å²) in [6.07, 6.45) is 0.758. The summed E-state index contributed by atoms with van der Waals surface area (Å²) in [6.45, 7) is 13.4. The van der Waals surface area contributed by atoms with E-state index in [0.29, 0.717) is 0 Å². The quantitative estimate of drug-likeness (QED) is 0.135. The Kier molecular flexibility index (Phi) is 12.8. The largest absolute Gasteiger partial charge is 0.212 e. The van der Waals surface area contributed by atoms with Crippen molar-refractivity contribution < 1.29 is 37.5 Å². The summed E-state index contributed by atoms with van der Waals surface area (Å²) in [5.41, 5.74) is 16.7. The first-order chi connectivity index (χ1) is 37.6. The van der Waals surface area contributed by atoms with E-state index in [1.165, 1.54) is 48.5 Å². The van der Waals surface area contributed by atoms with Crippen molar-refractivity contribution in [2.45, 2.75) is 108 Å². The zero-order valence-electron chi connectivity index (χ0n) is 56.6. The molecule has 0 radical (unpaired) electrons. The molecule has 8 rings (SSSR count). The highest BCUT2D eigenvalue weighted by atomic mass is 14.9. The zero-order valence-corrected chi connectivity index (χ0v) is 42.6. The van der Waals surface area contributed by atoms with Gasteiger partial charge in [0.2, 0.25) is 22.8 Å². The van der Waals surface area contributed by atoms with Crippen molar-refractivity contribution >= 4 is 0 Å². The molecule has 0 spiro atoms. The molecule has 0 saturated heterocycles. The lowest BCUT2D eigenvalue weighted by Crippen LogP contribution is -2.32. The topological polar surface area (TPSA) is 15.5 Å². The van der Waals surface area contributed by atoms with Crippen molar-refractivity contribution in [1.82, 2.24) is 0 Å². The van der Waals surface area contributed by atoms with Gasteiger partial charge in [0.05, 0.1) is 0 Å². The maximum absolute atomic E-state index is 7.98. The molecule has 352 valence electrons. The van der Waals surface area contributed by atoms with Gasteiger partial charge in [0.15, 0.2) is 24.8 Å². The molecule has 0 bridgehead atoms. The monoisotopic (exact) mass is 919 g/mol. The number of aromatic nitrogens is 4. The fourth-order valence-electron chi connectivity index (χ4n) is 8.25. The summed E-state index contributed by atoms with van der Waals surface area (Å²) in [4.78, 5) is 0. The van der Waals surface area contributed by atoms with Gasteiger partial charge in [0, 0.05) is 88.0 Å². The van der Waals surface area contributed by atoms with Crippen LogP contribution in [0.15, 0.2) is 146 Å². The average molecular weight is 919 g/mol. The van der Waals surface area contributed by atoms with Gasteiger partial charge in [-0.25, -0.2) is 18.3 Å². The summed E-state index contributed by atoms with van der Waals surface area (Å²) in [6, 6.07) is 39.6. The number of pyridine rings is 4. The van der Waals surface area contributed by atoms with Gasteiger partial charge >= 0.3 is 0 Å². The minimum absolute atomic E-state index is 0.0554. The molecule has 0 fully saturated rings. The zero-order chi connectivity index (χ0) is 61.8. The van der Waals surface area contributed by atoms with Gasteiger partial charge in [0.1, 0.15) is 28.2 Å². The van der Waals surface area contributed by atoms with Crippen molar-refractivity contribution in [2.75, 3.05) is 0 Å². The Bertz CT molecular complexity index is 3330. The van der Waals surface area contributed by atoms with Gasteiger partial charge in [-0.2, -0.15) is 0 Å². The lowest BCUT2D eigenvalue weighted by molar-refractivity contribution is -0.661. The van der Waals surface area contributed by atoms with Crippen LogP contribution in [0.3, 0.4) is 0 Å². The Labute approximate surface area is 431 Å². The lowest BCUT2D eigenvalue weighted by Gasteiger charge is -2.07. The molecular weight excluding hydrogens is 825 g/mol. The van der Waals surface area contributed by atoms with E-state index in [4.69, 9.17) is 19.2 Å². The third-order valence-corrected chi connectivity index (χ3v) is 12.3. The lowest BCUT2D eigenvalue weighted by atomic mass is 10.0. The van der Waals surface area contributed by atoms with Crippen LogP contribution in [0, 0.1) is 55.2 Å². The van der Waals surface area contributed by atoms with Crippen LogP contribution in [0.4, 0.5) is 0 Å². The standard InChI is InChI=1S/4C16H20N/c2*1-5-14-10-16(17(4)11-13(14)3)15-9-7-6-8-12(15)2;2*1-5-14-11-17(4)16(10-13(14)3)15-9-7-6-8-12(15)2/h4*6-11H,5H2,1-4H3/q4*+1/i2*3D3,5D2;2*5D2. The Morgan fingerprint density at radius 2 is 0.574 bits per heavy atom. The van der Waals surface area contributed by atoms with Crippen molar-refractivity contribution in [3.05, 3.63) is 213 Å². The third-order valence-electron chi connectivity index (χ3n) is 12.3. The van der Waals surface area contributed by atoms with Gasteiger partial charge in [0.25, 0.3) is 0 Å². The predicted molar refractivity (Wildman–Crippen MR) is 288 cm³/mol. The van der Waals surface area contributed by atoms with E-state index >= 15 is 0 Å². The molecule has 0 aliphatic rings. The Hall–Kier alpha value is -6.52. The SMILES string of the molecule is [2H]C([2H])(C)c1c[n+](C)c(-c2ccccc2C)cc1C.[2H]C([2H])(C)c1c[n+](C)c(-c2ccccc2C)cc1C.[2H]C([2H])([2H])c1c[n+](C)c(-c2ccccc2C)cc1C([2H])([2H])C.[2H]C([2H])([2H])c1c[n+](C)c(-c2ccccc2C)cc1C([2H])([2H])C. The smallest absolute Gasteiger partial charge is 0.201 e. The number of rotatable bonds is 8. The van der Waals surface area contributed by atoms with E-state index in [1.807, 2.05) is 136 Å². The molecule has 4 aromatic carbocycles. The van der Waals surface area contributed by atoms with Crippen LogP contribution in [0.2, 0.25) is 0 Å². The van der Waals surface area contributed by atoms with Gasteiger partial charge in [-0.3, -0.25) is 0 Å². The fraction of sp³-hybridized carbons (Fsp3) is 0.312. The molecule has 0 atom stereocenters. The molecule has 8 aromatic rings. The molecule has 0 N–H and O–H groups in total. The molecule has 4 heteroatoms. The molecule has 0 aliphatic heterocycles. The number of aryl methyl sites for hydroxylation is 16. The van der Waals surface area contributed by atoms with E-state index in [2.05, 4.69) is 50.2 Å². The summed E-state index contributed by atoms with van der Waals surface area (Å²) >= 11 is 0. The van der Waals surface area contributed by atoms with Gasteiger partial charge in [-0.05, 0) is 150 Å². The minimum Gasteiger partial charge on any atom is -0.201 e. The molecule has 4 aromatic heterocycles. The van der Waals surface area contributed by atoms with Crippen LogP contribution in [0.25, 0.3) is 45.0 Å². The normalized spacial score (nSPS) is 14.9. The number of hydrogen-bond acceptors (Lipinski definition) is 0. The van der Waals surface area contributed by atoms with E-state index in [0.717, 1.165) is 67.3 Å². The van der Waals surface area contributed by atoms with E-state index in [-0.39, 0.29) is 22.3 Å². The molecule has 68 heavy (non-hydrogen) atoms. The average Bonchev–Trinajstić information content (AvgIpc) is 3.40. The maximum atomic E-state index is 7.98. The van der Waals surface area contributed by atoms with E-state index in [1.54, 1.807) is 49.2 Å². The molecule has 0 amide bonds. The molecule has 0 aliphatic carbocycles. The van der Waals surface area contributed by atoms with Crippen LogP contribution in [-0.4, -0.2) is 0 Å². The first-order valence-corrected chi connectivity index (χ1v) is 23.0. The maximum Gasteiger partial charge on any atom is 0.212 e. The highest BCUT2D eigenvalue weighted by molar-refractivity contribution is 5.64. The van der Waals surface area contributed by atoms with Crippen LogP contribution >= 0.6 is 0 Å². The van der Waals surface area contributed by atoms with Gasteiger partial charge < -0.3 is 0 Å². The van der Waals surface area contributed by atoms with Crippen LogP contribution < -0.4 is 18.3 Å². The minimum atomic E-state index is -2.35. The Morgan fingerprint density at radius 3 is 0.824 bits per heavy atom. The first-order valence-electron chi connectivity index (χ1n) is 30.0. The predicted octanol–water partition coefficient (Wildman–Crippen LogP) is 13.4. The van der Waals surface area contributed by atoms with Gasteiger partial charge in [-0.1, -0.05) is 100 Å². The van der Waals surface area contributed by atoms with Crippen LogP contribution in [-0.2, 0) is 53.7 Å². The highest BCUT2D eigenvalue weighted by Gasteiger charge is 2.18. The van der Waals surface area contributed by atoms with Crippen molar-refractivity contribution in [1.29, 1.82) is 0 Å². The number of hydrogen-bond donors (Lipinski definition) is 0. The number of benzene rings is 4. The molecular formula is C64H80N4+4. The second-order valence-electron chi connectivity index (χ2n) is 17.2. The molecule has 4 nitrogen and oxygen atoms in total. The second kappa shape index (κ2) is 24.5. The Balaban J connectivity index is 0.000000201. The fourth-order valence-corrected chi connectivity index (χ4v) is 8.25. The Morgan fingerprint density at radius 1 is 0.324 bits per heavy atom. The third kappa shape index (κ3) is 12.9. The van der Waals surface area contributed by atoms with Crippen LogP contribution in [0.1, 0.15) is 114 Å². The number of nitrogens with zero attached hydrogens (tertiary/aromatic N) is 4. The molecule has 0 unspecified atom stereocenters. The molecule has 0 saturated carbocycles. The van der Waals surface area contributed by atoms with Crippen molar-refractivity contribution in [2.24, 2.45) is 28.2 Å². The van der Waals surface area contributed by atoms with Crippen molar-refractivity contribution in [3.63, 3.8) is 0 Å². The summed E-state index contributed by atoms with van der Waals surface area (Å²) in [5.74, 6) is 0. The second-order valence-corrected chi connectivity index (χ2v) is 17.2. The van der Waals surface area contributed by atoms with E-state index < -0.39 is 39.2 Å². The summed E-state index contributed by atoms with van der Waals surface area (Å²) in [7, 11) is 7.50. The first kappa shape index (κ1) is 35.6. The molecule has 4 heterocycles. The van der Waals surface area contributed by atoms with Crippen molar-refractivity contribution in [3.8, 4) is 45.0 Å². The van der Waals surface area contributed by atoms with Gasteiger partial charge in [-0.15, -0.1) is 0 Å².